The van der Waals surface area contributed by atoms with E-state index in [0.717, 1.165) is 0 Å². The maximum absolute atomic E-state index is 11.9. The van der Waals surface area contributed by atoms with Crippen molar-refractivity contribution in [3.63, 3.8) is 0 Å². The molecule has 0 saturated carbocycles. The SMILES string of the molecule is CC(C)(N)C(=O)N1CCC(C)(C(=O)O)CC1. The number of likely N-dealkylation sites (tertiary alicyclic amines) is 1. The van der Waals surface area contributed by atoms with Crippen LogP contribution in [0.2, 0.25) is 0 Å². The van der Waals surface area contributed by atoms with Gasteiger partial charge in [-0.2, -0.15) is 0 Å². The van der Waals surface area contributed by atoms with Crippen LogP contribution in [0.5, 0.6) is 0 Å². The van der Waals surface area contributed by atoms with Crippen LogP contribution in [0.3, 0.4) is 0 Å². The Morgan fingerprint density at radius 1 is 1.31 bits per heavy atom. The Morgan fingerprint density at radius 2 is 1.75 bits per heavy atom. The first-order chi connectivity index (χ1) is 7.17. The highest BCUT2D eigenvalue weighted by atomic mass is 16.4. The van der Waals surface area contributed by atoms with Crippen molar-refractivity contribution in [3.05, 3.63) is 0 Å². The number of carboxylic acid groups (broad SMARTS) is 1. The molecule has 0 aliphatic carbocycles. The number of carbonyl (C=O) groups excluding carboxylic acids is 1. The number of nitrogens with zero attached hydrogens (tertiary/aromatic N) is 1. The quantitative estimate of drug-likeness (QED) is 0.718. The monoisotopic (exact) mass is 228 g/mol. The second-order valence-corrected chi connectivity index (χ2v) is 5.38. The summed E-state index contributed by atoms with van der Waals surface area (Å²) < 4.78 is 0. The first-order valence-corrected chi connectivity index (χ1v) is 5.48. The summed E-state index contributed by atoms with van der Waals surface area (Å²) in [4.78, 5) is 24.5. The third kappa shape index (κ3) is 2.52. The number of carboxylic acids is 1. The van der Waals surface area contributed by atoms with Gasteiger partial charge in [-0.1, -0.05) is 0 Å². The number of hydrogen-bond acceptors (Lipinski definition) is 3. The van der Waals surface area contributed by atoms with Crippen LogP contribution in [0.25, 0.3) is 0 Å². The Morgan fingerprint density at radius 3 is 2.06 bits per heavy atom. The van der Waals surface area contributed by atoms with Gasteiger partial charge in [0.25, 0.3) is 0 Å². The zero-order valence-electron chi connectivity index (χ0n) is 10.1. The van der Waals surface area contributed by atoms with E-state index in [9.17, 15) is 9.59 Å². The molecule has 0 atom stereocenters. The molecule has 0 unspecified atom stereocenters. The van der Waals surface area contributed by atoms with Crippen LogP contribution in [0, 0.1) is 5.41 Å². The van der Waals surface area contributed by atoms with E-state index in [-0.39, 0.29) is 5.91 Å². The summed E-state index contributed by atoms with van der Waals surface area (Å²) in [5.74, 6) is -0.897. The van der Waals surface area contributed by atoms with E-state index in [2.05, 4.69) is 0 Å². The van der Waals surface area contributed by atoms with Gasteiger partial charge >= 0.3 is 5.97 Å². The van der Waals surface area contributed by atoms with E-state index in [0.29, 0.717) is 25.9 Å². The number of carbonyl (C=O) groups is 2. The molecule has 1 saturated heterocycles. The highest BCUT2D eigenvalue weighted by Gasteiger charge is 2.39. The summed E-state index contributed by atoms with van der Waals surface area (Å²) in [6, 6.07) is 0. The number of aliphatic carboxylic acids is 1. The second-order valence-electron chi connectivity index (χ2n) is 5.38. The number of nitrogens with two attached hydrogens (primary N) is 1. The predicted molar refractivity (Wildman–Crippen MR) is 59.8 cm³/mol. The smallest absolute Gasteiger partial charge is 0.309 e. The number of piperidine rings is 1. The van der Waals surface area contributed by atoms with Gasteiger partial charge in [0.1, 0.15) is 0 Å². The molecular formula is C11H20N2O3. The molecule has 3 N–H and O–H groups in total. The van der Waals surface area contributed by atoms with E-state index in [1.54, 1.807) is 25.7 Å². The van der Waals surface area contributed by atoms with Gasteiger partial charge in [-0.3, -0.25) is 9.59 Å². The van der Waals surface area contributed by atoms with Gasteiger partial charge in [0.15, 0.2) is 0 Å². The normalized spacial score (nSPS) is 20.6. The van der Waals surface area contributed by atoms with Crippen LogP contribution in [-0.2, 0) is 9.59 Å². The summed E-state index contributed by atoms with van der Waals surface area (Å²) in [5, 5.41) is 9.05. The summed E-state index contributed by atoms with van der Waals surface area (Å²) >= 11 is 0. The summed E-state index contributed by atoms with van der Waals surface area (Å²) in [6.45, 7) is 6.01. The van der Waals surface area contributed by atoms with Gasteiger partial charge in [-0.05, 0) is 33.6 Å². The fraction of sp³-hybridized carbons (Fsp3) is 0.818. The van der Waals surface area contributed by atoms with Crippen LogP contribution >= 0.6 is 0 Å². The molecule has 1 aliphatic heterocycles. The lowest BCUT2D eigenvalue weighted by atomic mass is 9.80. The molecule has 1 fully saturated rings. The highest BCUT2D eigenvalue weighted by Crippen LogP contribution is 2.31. The van der Waals surface area contributed by atoms with Gasteiger partial charge in [-0.15, -0.1) is 0 Å². The van der Waals surface area contributed by atoms with E-state index < -0.39 is 16.9 Å². The van der Waals surface area contributed by atoms with Gasteiger partial charge in [-0.25, -0.2) is 0 Å². The molecule has 16 heavy (non-hydrogen) atoms. The van der Waals surface area contributed by atoms with E-state index in [1.807, 2.05) is 0 Å². The van der Waals surface area contributed by atoms with Crippen molar-refractivity contribution < 1.29 is 14.7 Å². The maximum atomic E-state index is 11.9. The molecule has 0 bridgehead atoms. The molecule has 0 aromatic rings. The summed E-state index contributed by atoms with van der Waals surface area (Å²) in [5.41, 5.74) is 4.15. The fourth-order valence-corrected chi connectivity index (χ4v) is 1.82. The Bertz CT molecular complexity index is 299. The molecule has 0 aromatic heterocycles. The standard InChI is InChI=1S/C11H20N2O3/c1-10(2,12)8(14)13-6-4-11(3,5-7-13)9(15)16/h4-7,12H2,1-3H3,(H,15,16). The average Bonchev–Trinajstić information content (AvgIpc) is 2.16. The maximum Gasteiger partial charge on any atom is 0.309 e. The van der Waals surface area contributed by atoms with Crippen LogP contribution in [0.4, 0.5) is 0 Å². The fourth-order valence-electron chi connectivity index (χ4n) is 1.82. The van der Waals surface area contributed by atoms with Crippen LogP contribution in [-0.4, -0.2) is 40.5 Å². The van der Waals surface area contributed by atoms with Crippen molar-refractivity contribution in [2.75, 3.05) is 13.1 Å². The van der Waals surface area contributed by atoms with Gasteiger partial charge in [0, 0.05) is 13.1 Å². The summed E-state index contributed by atoms with van der Waals surface area (Å²) in [7, 11) is 0. The molecule has 5 nitrogen and oxygen atoms in total. The van der Waals surface area contributed by atoms with Crippen LogP contribution in [0.1, 0.15) is 33.6 Å². The Labute approximate surface area is 95.6 Å². The van der Waals surface area contributed by atoms with Crippen molar-refractivity contribution in [3.8, 4) is 0 Å². The van der Waals surface area contributed by atoms with Crippen molar-refractivity contribution in [1.29, 1.82) is 0 Å². The van der Waals surface area contributed by atoms with Gasteiger partial charge in [0.05, 0.1) is 11.0 Å². The minimum Gasteiger partial charge on any atom is -0.481 e. The second kappa shape index (κ2) is 4.05. The molecule has 0 aromatic carbocycles. The molecule has 1 aliphatic rings. The number of hydrogen-bond donors (Lipinski definition) is 2. The number of amides is 1. The lowest BCUT2D eigenvalue weighted by Crippen LogP contribution is -2.54. The topological polar surface area (TPSA) is 83.6 Å². The molecular weight excluding hydrogens is 208 g/mol. The number of rotatable bonds is 2. The van der Waals surface area contributed by atoms with Gasteiger partial charge in [0.2, 0.25) is 5.91 Å². The zero-order valence-corrected chi connectivity index (χ0v) is 10.1. The first kappa shape index (κ1) is 13.0. The zero-order chi connectivity index (χ0) is 12.6. The highest BCUT2D eigenvalue weighted by molar-refractivity contribution is 5.85. The van der Waals surface area contributed by atoms with E-state index in [4.69, 9.17) is 10.8 Å². The lowest BCUT2D eigenvalue weighted by molar-refractivity contribution is -0.153. The predicted octanol–water partition coefficient (Wildman–Crippen LogP) is 0.437. The average molecular weight is 228 g/mol. The largest absolute Gasteiger partial charge is 0.481 e. The molecule has 1 amide bonds. The van der Waals surface area contributed by atoms with Crippen LogP contribution in [0.15, 0.2) is 0 Å². The lowest BCUT2D eigenvalue weighted by Gasteiger charge is -2.38. The third-order valence-corrected chi connectivity index (χ3v) is 3.22. The third-order valence-electron chi connectivity index (χ3n) is 3.22. The van der Waals surface area contributed by atoms with Gasteiger partial charge < -0.3 is 15.7 Å². The van der Waals surface area contributed by atoms with Crippen molar-refractivity contribution in [2.45, 2.75) is 39.2 Å². The Balaban J connectivity index is 2.63. The van der Waals surface area contributed by atoms with Crippen LogP contribution < -0.4 is 5.73 Å². The minimum absolute atomic E-state index is 0.111. The molecule has 1 heterocycles. The molecule has 0 radical (unpaired) electrons. The van der Waals surface area contributed by atoms with Crippen molar-refractivity contribution in [1.82, 2.24) is 4.90 Å². The first-order valence-electron chi connectivity index (χ1n) is 5.48. The Hall–Kier alpha value is -1.10. The van der Waals surface area contributed by atoms with E-state index in [1.165, 1.54) is 0 Å². The minimum atomic E-state index is -0.878. The molecule has 1 rings (SSSR count). The summed E-state index contributed by atoms with van der Waals surface area (Å²) in [6.07, 6.45) is 0.980. The van der Waals surface area contributed by atoms with Crippen molar-refractivity contribution in [2.24, 2.45) is 11.1 Å². The molecule has 5 heteroatoms. The molecule has 92 valence electrons. The van der Waals surface area contributed by atoms with E-state index >= 15 is 0 Å². The Kier molecular flexibility index (Phi) is 3.28. The molecule has 0 spiro atoms. The van der Waals surface area contributed by atoms with Crippen molar-refractivity contribution >= 4 is 11.9 Å².